The molecule has 0 bridgehead atoms. The average Bonchev–Trinajstić information content (AvgIpc) is 2.79. The zero-order chi connectivity index (χ0) is 25.4. The molecule has 0 aromatic heterocycles. The summed E-state index contributed by atoms with van der Waals surface area (Å²) in [5, 5.41) is 23.4. The summed E-state index contributed by atoms with van der Waals surface area (Å²) in [7, 11) is -3.68. The number of benzene rings is 2. The molecule has 0 atom stereocenters. The average molecular weight is 488 g/mol. The molecule has 1 amide bonds. The first-order chi connectivity index (χ1) is 15.9. The summed E-state index contributed by atoms with van der Waals surface area (Å²) >= 11 is 0. The summed E-state index contributed by atoms with van der Waals surface area (Å²) in [6, 6.07) is 4.14. The molecule has 1 aliphatic rings. The largest absolute Gasteiger partial charge is 0.508 e. The van der Waals surface area contributed by atoms with E-state index in [1.165, 1.54) is 22.5 Å². The lowest BCUT2D eigenvalue weighted by molar-refractivity contribution is -0.126. The van der Waals surface area contributed by atoms with Crippen LogP contribution in [0.1, 0.15) is 53.1 Å². The molecule has 8 nitrogen and oxygen atoms in total. The molecule has 3 rings (SSSR count). The van der Waals surface area contributed by atoms with Crippen molar-refractivity contribution >= 4 is 21.6 Å². The van der Waals surface area contributed by atoms with Crippen LogP contribution in [0.2, 0.25) is 0 Å². The predicted octanol–water partition coefficient (Wildman–Crippen LogP) is 3.58. The molecule has 0 aliphatic carbocycles. The zero-order valence-electron chi connectivity index (χ0n) is 20.6. The Balaban J connectivity index is 1.70. The number of carbonyl (C=O) groups excluding carboxylic acids is 1. The van der Waals surface area contributed by atoms with Gasteiger partial charge >= 0.3 is 0 Å². The fourth-order valence-corrected chi connectivity index (χ4v) is 6.49. The smallest absolute Gasteiger partial charge is 0.243 e. The molecule has 2 aromatic rings. The van der Waals surface area contributed by atoms with Gasteiger partial charge in [-0.1, -0.05) is 0 Å². The van der Waals surface area contributed by atoms with Gasteiger partial charge < -0.3 is 10.2 Å². The van der Waals surface area contributed by atoms with Crippen LogP contribution in [0.3, 0.4) is 0 Å². The lowest BCUT2D eigenvalue weighted by Crippen LogP contribution is -2.42. The van der Waals surface area contributed by atoms with Crippen LogP contribution in [0, 0.1) is 40.5 Å². The number of carbonyl (C=O) groups is 1. The van der Waals surface area contributed by atoms with Gasteiger partial charge in [-0.2, -0.15) is 9.41 Å². The Labute approximate surface area is 201 Å². The number of sulfonamides is 1. The molecule has 1 saturated heterocycles. The number of piperidine rings is 1. The van der Waals surface area contributed by atoms with Crippen LogP contribution in [0.5, 0.6) is 11.5 Å². The lowest BCUT2D eigenvalue weighted by Gasteiger charge is -2.31. The number of hydrazone groups is 1. The van der Waals surface area contributed by atoms with Gasteiger partial charge in [0.25, 0.3) is 0 Å². The van der Waals surface area contributed by atoms with Crippen LogP contribution in [-0.4, -0.2) is 47.6 Å². The molecule has 0 unspecified atom stereocenters. The highest BCUT2D eigenvalue weighted by molar-refractivity contribution is 7.89. The summed E-state index contributed by atoms with van der Waals surface area (Å²) in [5.41, 5.74) is 7.96. The molecule has 0 radical (unpaired) electrons. The van der Waals surface area contributed by atoms with Gasteiger partial charge in [0.2, 0.25) is 15.9 Å². The predicted molar refractivity (Wildman–Crippen MR) is 132 cm³/mol. The number of amides is 1. The van der Waals surface area contributed by atoms with Gasteiger partial charge in [-0.15, -0.1) is 0 Å². The highest BCUT2D eigenvalue weighted by atomic mass is 32.2. The standard InChI is InChI=1S/C25H33N3O5S/c1-14-15(2)17(4)24(18(5)16(14)3)34(32,33)28-11-9-20(10-12-28)25(31)27-26-19(6)22-8-7-21(29)13-23(22)30/h7-8,13,20,29-30H,9-12H2,1-6H3,(H,27,31). The minimum atomic E-state index is -3.68. The van der Waals surface area contributed by atoms with E-state index in [1.807, 2.05) is 34.6 Å². The number of phenols is 2. The summed E-state index contributed by atoms with van der Waals surface area (Å²) < 4.78 is 28.5. The van der Waals surface area contributed by atoms with Crippen molar-refractivity contribution in [3.05, 3.63) is 51.6 Å². The maximum atomic E-state index is 13.5. The molecular formula is C25H33N3O5S. The van der Waals surface area contributed by atoms with Crippen LogP contribution in [0.4, 0.5) is 0 Å². The van der Waals surface area contributed by atoms with Gasteiger partial charge in [-0.25, -0.2) is 13.8 Å². The number of hydrogen-bond donors (Lipinski definition) is 3. The van der Waals surface area contributed by atoms with E-state index in [4.69, 9.17) is 0 Å². The second-order valence-corrected chi connectivity index (χ2v) is 10.9. The molecule has 0 saturated carbocycles. The first-order valence-corrected chi connectivity index (χ1v) is 12.7. The van der Waals surface area contributed by atoms with E-state index < -0.39 is 10.0 Å². The van der Waals surface area contributed by atoms with E-state index in [2.05, 4.69) is 10.5 Å². The second kappa shape index (κ2) is 9.76. The van der Waals surface area contributed by atoms with Crippen molar-refractivity contribution in [2.24, 2.45) is 11.0 Å². The summed E-state index contributed by atoms with van der Waals surface area (Å²) in [4.78, 5) is 13.0. The van der Waals surface area contributed by atoms with Crippen molar-refractivity contribution in [1.29, 1.82) is 0 Å². The second-order valence-electron chi connectivity index (χ2n) is 9.01. The summed E-state index contributed by atoms with van der Waals surface area (Å²) in [6.45, 7) is 11.8. The minimum absolute atomic E-state index is 0.0684. The topological polar surface area (TPSA) is 119 Å². The van der Waals surface area contributed by atoms with Crippen LogP contribution in [0.25, 0.3) is 0 Å². The number of phenolic OH excluding ortho intramolecular Hbond substituents is 2. The van der Waals surface area contributed by atoms with Gasteiger partial charge in [-0.05, 0) is 94.3 Å². The third kappa shape index (κ3) is 4.81. The van der Waals surface area contributed by atoms with E-state index in [0.717, 1.165) is 27.8 Å². The zero-order valence-corrected chi connectivity index (χ0v) is 21.4. The Morgan fingerprint density at radius 2 is 1.50 bits per heavy atom. The summed E-state index contributed by atoms with van der Waals surface area (Å²) in [5.74, 6) is -0.855. The van der Waals surface area contributed by atoms with Gasteiger partial charge in [0.15, 0.2) is 0 Å². The molecule has 1 aliphatic heterocycles. The van der Waals surface area contributed by atoms with Crippen LogP contribution >= 0.6 is 0 Å². The van der Waals surface area contributed by atoms with Crippen LogP contribution < -0.4 is 5.43 Å². The molecule has 2 aromatic carbocycles. The van der Waals surface area contributed by atoms with E-state index in [-0.39, 0.29) is 36.4 Å². The SMILES string of the molecule is CC(=NNC(=O)C1CCN(S(=O)(=O)c2c(C)c(C)c(C)c(C)c2C)CC1)c1ccc(O)cc1O. The molecule has 0 spiro atoms. The molecule has 3 N–H and O–H groups in total. The van der Waals surface area contributed by atoms with Gasteiger partial charge in [0, 0.05) is 30.6 Å². The Kier molecular flexibility index (Phi) is 7.38. The van der Waals surface area contributed by atoms with Gasteiger partial charge in [0.1, 0.15) is 11.5 Å². The number of nitrogens with one attached hydrogen (secondary N) is 1. The van der Waals surface area contributed by atoms with Gasteiger partial charge in [-0.3, -0.25) is 4.79 Å². The van der Waals surface area contributed by atoms with Crippen molar-refractivity contribution in [3.8, 4) is 11.5 Å². The Morgan fingerprint density at radius 1 is 0.971 bits per heavy atom. The maximum Gasteiger partial charge on any atom is 0.243 e. The van der Waals surface area contributed by atoms with Crippen molar-refractivity contribution < 1.29 is 23.4 Å². The number of rotatable bonds is 5. The Bertz CT molecular complexity index is 1230. The lowest BCUT2D eigenvalue weighted by atomic mass is 9.95. The highest BCUT2D eigenvalue weighted by Gasteiger charge is 2.34. The van der Waals surface area contributed by atoms with Gasteiger partial charge in [0.05, 0.1) is 10.6 Å². The van der Waals surface area contributed by atoms with Crippen molar-refractivity contribution in [1.82, 2.24) is 9.73 Å². The summed E-state index contributed by atoms with van der Waals surface area (Å²) in [6.07, 6.45) is 0.790. The van der Waals surface area contributed by atoms with Crippen molar-refractivity contribution in [2.45, 2.75) is 59.3 Å². The fraction of sp³-hybridized carbons (Fsp3) is 0.440. The Morgan fingerprint density at radius 3 is 2.03 bits per heavy atom. The third-order valence-corrected chi connectivity index (χ3v) is 9.23. The first-order valence-electron chi connectivity index (χ1n) is 11.3. The monoisotopic (exact) mass is 487 g/mol. The molecule has 1 heterocycles. The molecule has 34 heavy (non-hydrogen) atoms. The van der Waals surface area contributed by atoms with Crippen molar-refractivity contribution in [2.75, 3.05) is 13.1 Å². The molecule has 184 valence electrons. The van der Waals surface area contributed by atoms with Crippen molar-refractivity contribution in [3.63, 3.8) is 0 Å². The molecule has 1 fully saturated rings. The maximum absolute atomic E-state index is 13.5. The normalized spacial score (nSPS) is 16.0. The Hall–Kier alpha value is -2.91. The minimum Gasteiger partial charge on any atom is -0.508 e. The van der Waals surface area contributed by atoms with Crippen LogP contribution in [0.15, 0.2) is 28.2 Å². The molecule has 9 heteroatoms. The van der Waals surface area contributed by atoms with Crippen LogP contribution in [-0.2, 0) is 14.8 Å². The number of nitrogens with zero attached hydrogens (tertiary/aromatic N) is 2. The number of aromatic hydroxyl groups is 2. The van der Waals surface area contributed by atoms with E-state index in [0.29, 0.717) is 29.0 Å². The highest BCUT2D eigenvalue weighted by Crippen LogP contribution is 2.33. The van der Waals surface area contributed by atoms with E-state index >= 15 is 0 Å². The van der Waals surface area contributed by atoms with E-state index in [1.54, 1.807) is 6.92 Å². The molecular weight excluding hydrogens is 454 g/mol. The number of hydrogen-bond acceptors (Lipinski definition) is 6. The first kappa shape index (κ1) is 25.7. The quantitative estimate of drug-likeness (QED) is 0.440. The fourth-order valence-electron chi connectivity index (χ4n) is 4.46. The van der Waals surface area contributed by atoms with E-state index in [9.17, 15) is 23.4 Å². The third-order valence-electron chi connectivity index (χ3n) is 7.06.